The van der Waals surface area contributed by atoms with Gasteiger partial charge in [-0.15, -0.1) is 13.2 Å². The van der Waals surface area contributed by atoms with E-state index in [1.54, 1.807) is 30.3 Å². The third-order valence-electron chi connectivity index (χ3n) is 13.5. The van der Waals surface area contributed by atoms with Crippen molar-refractivity contribution in [3.63, 3.8) is 0 Å². The van der Waals surface area contributed by atoms with Crippen LogP contribution >= 0.6 is 0 Å². The molecule has 4 N–H and O–H groups in total. The molecular weight excluding hydrogens is 925 g/mol. The van der Waals surface area contributed by atoms with Crippen molar-refractivity contribution >= 4 is 29.3 Å². The molecule has 74 heavy (non-hydrogen) atoms. The molecule has 0 aliphatic heterocycles. The van der Waals surface area contributed by atoms with Crippen LogP contribution < -0.4 is 35.5 Å². The first-order valence-electron chi connectivity index (χ1n) is 29.9. The molecule has 0 spiro atoms. The lowest BCUT2D eigenvalue weighted by atomic mass is 10.1. The minimum atomic E-state index is -0.547. The largest absolute Gasteiger partial charge is 0.493 e. The summed E-state index contributed by atoms with van der Waals surface area (Å²) in [5, 5.41) is 11.8. The van der Waals surface area contributed by atoms with Gasteiger partial charge in [0.2, 0.25) is 5.91 Å². The Morgan fingerprint density at radius 2 is 0.757 bits per heavy atom. The molecule has 2 rings (SSSR count). The molecule has 418 valence electrons. The Balaban J connectivity index is 2.25. The molecule has 2 aromatic carbocycles. The van der Waals surface area contributed by atoms with Gasteiger partial charge in [-0.25, -0.2) is 0 Å². The SMILES string of the molecule is C=CCCCCCCCCCNC(=O)c1cc(NC(=O)CNC(=O)c2cc(C(=O)NCCCCCCCCCC=C)c(OCCCCCCCC)cc2OCCCCCCCC)ccc1OCCCCCCCC. The molecule has 0 saturated heterocycles. The average molecular weight is 1030 g/mol. The number of unbranched alkanes of at least 4 members (excludes halogenated alkanes) is 29. The van der Waals surface area contributed by atoms with Crippen molar-refractivity contribution in [2.75, 3.05) is 44.8 Å². The maximum atomic E-state index is 14.1. The van der Waals surface area contributed by atoms with E-state index in [-0.39, 0.29) is 29.5 Å². The van der Waals surface area contributed by atoms with E-state index in [9.17, 15) is 19.2 Å². The molecule has 11 nitrogen and oxygen atoms in total. The number of allylic oxidation sites excluding steroid dienone is 2. The zero-order valence-corrected chi connectivity index (χ0v) is 47.1. The Morgan fingerprint density at radius 1 is 0.405 bits per heavy atom. The number of hydrogen-bond acceptors (Lipinski definition) is 7. The van der Waals surface area contributed by atoms with Crippen LogP contribution in [0.25, 0.3) is 0 Å². The number of anilines is 1. The van der Waals surface area contributed by atoms with E-state index in [0.717, 1.165) is 109 Å². The molecule has 0 radical (unpaired) electrons. The summed E-state index contributed by atoms with van der Waals surface area (Å²) in [7, 11) is 0. The van der Waals surface area contributed by atoms with E-state index in [4.69, 9.17) is 14.2 Å². The van der Waals surface area contributed by atoms with Crippen molar-refractivity contribution in [2.45, 2.75) is 239 Å². The summed E-state index contributed by atoms with van der Waals surface area (Å²) in [6.07, 6.45) is 41.5. The monoisotopic (exact) mass is 1030 g/mol. The lowest BCUT2D eigenvalue weighted by molar-refractivity contribution is -0.115. The minimum Gasteiger partial charge on any atom is -0.493 e. The normalized spacial score (nSPS) is 11.0. The van der Waals surface area contributed by atoms with Gasteiger partial charge in [0, 0.05) is 24.8 Å². The van der Waals surface area contributed by atoms with Gasteiger partial charge in [0.1, 0.15) is 17.2 Å². The maximum Gasteiger partial charge on any atom is 0.255 e. The molecule has 2 aromatic rings. The second-order valence-corrected chi connectivity index (χ2v) is 20.3. The van der Waals surface area contributed by atoms with Crippen LogP contribution in [0.15, 0.2) is 55.6 Å². The smallest absolute Gasteiger partial charge is 0.255 e. The standard InChI is InChI=1S/C63H104N4O7/c1-6-11-16-21-26-28-30-32-37-44-64-61(69)54-49-53(42-43-57(54)72-46-39-34-23-18-13-8-3)67-60(68)52-66-63(71)56-50-55(62(70)65-45-38-33-31-29-27-22-17-12-7-2)58(73-47-40-35-24-19-14-9-4)51-59(56)74-48-41-36-25-20-15-10-5/h6-7,42-43,49-51H,1-2,8-41,44-48,52H2,3-5H3,(H,64,69)(H,65,70)(H,66,71)(H,67,68). The number of rotatable bonds is 50. The van der Waals surface area contributed by atoms with Gasteiger partial charge in [-0.05, 0) is 82.1 Å². The number of benzene rings is 2. The lowest BCUT2D eigenvalue weighted by Crippen LogP contribution is -2.33. The minimum absolute atomic E-state index is 0.159. The van der Waals surface area contributed by atoms with Crippen LogP contribution in [-0.2, 0) is 4.79 Å². The number of nitrogens with one attached hydrogen (secondary N) is 4. The van der Waals surface area contributed by atoms with E-state index < -0.39 is 11.8 Å². The Morgan fingerprint density at radius 3 is 1.18 bits per heavy atom. The first kappa shape index (κ1) is 65.3. The average Bonchev–Trinajstić information content (AvgIpc) is 3.40. The summed E-state index contributed by atoms with van der Waals surface area (Å²) in [6, 6.07) is 8.33. The first-order valence-corrected chi connectivity index (χ1v) is 29.9. The molecular formula is C63H104N4O7. The van der Waals surface area contributed by atoms with Crippen molar-refractivity contribution in [1.29, 1.82) is 0 Å². The van der Waals surface area contributed by atoms with Gasteiger partial charge in [0.05, 0.1) is 43.1 Å². The highest BCUT2D eigenvalue weighted by molar-refractivity contribution is 6.05. The molecule has 0 unspecified atom stereocenters. The quantitative estimate of drug-likeness (QED) is 0.0381. The number of hydrogen-bond donors (Lipinski definition) is 4. The fourth-order valence-electron chi connectivity index (χ4n) is 8.91. The molecule has 0 aliphatic rings. The molecule has 0 bridgehead atoms. The van der Waals surface area contributed by atoms with Crippen molar-refractivity contribution in [2.24, 2.45) is 0 Å². The molecule has 0 saturated carbocycles. The van der Waals surface area contributed by atoms with Gasteiger partial charge >= 0.3 is 0 Å². The second kappa shape index (κ2) is 45.6. The fourth-order valence-corrected chi connectivity index (χ4v) is 8.91. The highest BCUT2D eigenvalue weighted by atomic mass is 16.5. The highest BCUT2D eigenvalue weighted by Crippen LogP contribution is 2.31. The fraction of sp³-hybridized carbons (Fsp3) is 0.683. The topological polar surface area (TPSA) is 144 Å². The van der Waals surface area contributed by atoms with E-state index >= 15 is 0 Å². The number of carbonyl (C=O) groups excluding carboxylic acids is 4. The summed E-state index contributed by atoms with van der Waals surface area (Å²) in [4.78, 5) is 55.3. The Hall–Kier alpha value is -4.80. The van der Waals surface area contributed by atoms with Gasteiger partial charge in [-0.1, -0.05) is 193 Å². The number of carbonyl (C=O) groups is 4. The first-order chi connectivity index (χ1) is 36.3. The van der Waals surface area contributed by atoms with E-state index in [0.29, 0.717) is 61.4 Å². The predicted molar refractivity (Wildman–Crippen MR) is 309 cm³/mol. The summed E-state index contributed by atoms with van der Waals surface area (Å²) >= 11 is 0. The zero-order valence-electron chi connectivity index (χ0n) is 47.1. The highest BCUT2D eigenvalue weighted by Gasteiger charge is 2.23. The Kier molecular flexibility index (Phi) is 40.2. The van der Waals surface area contributed by atoms with E-state index in [1.165, 1.54) is 109 Å². The van der Waals surface area contributed by atoms with E-state index in [2.05, 4.69) is 55.2 Å². The third kappa shape index (κ3) is 31.8. The van der Waals surface area contributed by atoms with Crippen molar-refractivity contribution in [3.05, 3.63) is 72.3 Å². The zero-order chi connectivity index (χ0) is 53.5. The summed E-state index contributed by atoms with van der Waals surface area (Å²) in [5.41, 5.74) is 1.19. The van der Waals surface area contributed by atoms with Crippen molar-refractivity contribution in [1.82, 2.24) is 16.0 Å². The van der Waals surface area contributed by atoms with E-state index in [1.807, 2.05) is 12.2 Å². The van der Waals surface area contributed by atoms with Crippen LogP contribution in [-0.4, -0.2) is 63.1 Å². The number of ether oxygens (including phenoxy) is 3. The van der Waals surface area contributed by atoms with Crippen LogP contribution in [0.4, 0.5) is 5.69 Å². The van der Waals surface area contributed by atoms with Crippen LogP contribution in [0.5, 0.6) is 17.2 Å². The number of amides is 4. The summed E-state index contributed by atoms with van der Waals surface area (Å²) in [5.74, 6) is -0.424. The lowest BCUT2D eigenvalue weighted by Gasteiger charge is -2.18. The molecule has 0 fully saturated rings. The molecule has 0 aromatic heterocycles. The maximum absolute atomic E-state index is 14.1. The van der Waals surface area contributed by atoms with Crippen LogP contribution in [0.3, 0.4) is 0 Å². The Labute approximate surface area is 450 Å². The predicted octanol–water partition coefficient (Wildman–Crippen LogP) is 16.3. The van der Waals surface area contributed by atoms with Gasteiger partial charge < -0.3 is 35.5 Å². The van der Waals surface area contributed by atoms with Crippen molar-refractivity contribution in [3.8, 4) is 17.2 Å². The van der Waals surface area contributed by atoms with Gasteiger partial charge in [0.25, 0.3) is 17.7 Å². The molecule has 4 amide bonds. The van der Waals surface area contributed by atoms with Gasteiger partial charge in [-0.2, -0.15) is 0 Å². The van der Waals surface area contributed by atoms with Crippen LogP contribution in [0.1, 0.15) is 270 Å². The van der Waals surface area contributed by atoms with Gasteiger partial charge in [-0.3, -0.25) is 19.2 Å². The summed E-state index contributed by atoms with van der Waals surface area (Å²) < 4.78 is 18.8. The molecule has 0 heterocycles. The second-order valence-electron chi connectivity index (χ2n) is 20.3. The Bertz CT molecular complexity index is 1820. The third-order valence-corrected chi connectivity index (χ3v) is 13.5. The molecule has 11 heteroatoms. The molecule has 0 aliphatic carbocycles. The summed E-state index contributed by atoms with van der Waals surface area (Å²) in [6.45, 7) is 16.3. The molecule has 0 atom stereocenters. The van der Waals surface area contributed by atoms with Gasteiger partial charge in [0.15, 0.2) is 0 Å². The van der Waals surface area contributed by atoms with Crippen LogP contribution in [0.2, 0.25) is 0 Å². The van der Waals surface area contributed by atoms with Crippen molar-refractivity contribution < 1.29 is 33.4 Å². The van der Waals surface area contributed by atoms with Crippen LogP contribution in [0, 0.1) is 0 Å².